The Balaban J connectivity index is 1.42. The fourth-order valence-electron chi connectivity index (χ4n) is 3.54. The van der Waals surface area contributed by atoms with Crippen molar-refractivity contribution in [1.82, 2.24) is 29.6 Å². The minimum atomic E-state index is -0.00281. The van der Waals surface area contributed by atoms with E-state index in [1.807, 2.05) is 35.5 Å². The number of rotatable bonds is 4. The minimum Gasteiger partial charge on any atom is -0.337 e. The molecule has 0 aromatic carbocycles. The molecule has 0 saturated carbocycles. The lowest BCUT2D eigenvalue weighted by Gasteiger charge is -2.31. The maximum atomic E-state index is 12.8. The van der Waals surface area contributed by atoms with Gasteiger partial charge in [0.05, 0.1) is 5.69 Å². The second-order valence-electron chi connectivity index (χ2n) is 6.52. The standard InChI is InChI=1S/C19H22N6O/c1-2-24-12-9-21-18(24)14-6-10-25(11-7-14)19(26)17-13-16(22-23-17)15-5-3-4-8-20-15/h3-5,8-9,12-14H,2,6-7,10-11H2,1H3,(H,22,23). The molecule has 1 fully saturated rings. The van der Waals surface area contributed by atoms with Gasteiger partial charge in [0.1, 0.15) is 17.2 Å². The minimum absolute atomic E-state index is 0.00281. The summed E-state index contributed by atoms with van der Waals surface area (Å²) in [6, 6.07) is 7.42. The van der Waals surface area contributed by atoms with E-state index in [9.17, 15) is 4.79 Å². The van der Waals surface area contributed by atoms with Gasteiger partial charge in [-0.25, -0.2) is 4.98 Å². The van der Waals surface area contributed by atoms with Crippen molar-refractivity contribution in [1.29, 1.82) is 0 Å². The Bertz CT molecular complexity index is 876. The predicted molar refractivity (Wildman–Crippen MR) is 97.6 cm³/mol. The van der Waals surface area contributed by atoms with Gasteiger partial charge in [-0.2, -0.15) is 5.10 Å². The highest BCUT2D eigenvalue weighted by atomic mass is 16.2. The van der Waals surface area contributed by atoms with Gasteiger partial charge >= 0.3 is 0 Å². The zero-order valence-electron chi connectivity index (χ0n) is 14.8. The van der Waals surface area contributed by atoms with E-state index in [1.54, 1.807) is 12.3 Å². The van der Waals surface area contributed by atoms with E-state index < -0.39 is 0 Å². The number of hydrogen-bond acceptors (Lipinski definition) is 4. The topological polar surface area (TPSA) is 79.7 Å². The lowest BCUT2D eigenvalue weighted by Crippen LogP contribution is -2.38. The Morgan fingerprint density at radius 1 is 1.19 bits per heavy atom. The third-order valence-electron chi connectivity index (χ3n) is 4.97. The van der Waals surface area contributed by atoms with Crippen LogP contribution in [0.4, 0.5) is 0 Å². The number of nitrogens with one attached hydrogen (secondary N) is 1. The summed E-state index contributed by atoms with van der Waals surface area (Å²) in [6.45, 7) is 4.52. The maximum Gasteiger partial charge on any atom is 0.271 e. The lowest BCUT2D eigenvalue weighted by atomic mass is 9.95. The van der Waals surface area contributed by atoms with Gasteiger partial charge in [0.2, 0.25) is 0 Å². The van der Waals surface area contributed by atoms with Crippen molar-refractivity contribution in [3.05, 3.63) is 54.4 Å². The summed E-state index contributed by atoms with van der Waals surface area (Å²) in [5.41, 5.74) is 1.96. The highest BCUT2D eigenvalue weighted by Crippen LogP contribution is 2.27. The van der Waals surface area contributed by atoms with Crippen molar-refractivity contribution >= 4 is 5.91 Å². The SMILES string of the molecule is CCn1ccnc1C1CCN(C(=O)c2cc(-c3ccccn3)n[nH]2)CC1. The molecule has 3 aromatic heterocycles. The van der Waals surface area contributed by atoms with Crippen molar-refractivity contribution in [2.75, 3.05) is 13.1 Å². The molecule has 0 radical (unpaired) electrons. The van der Waals surface area contributed by atoms with E-state index in [0.717, 1.165) is 44.0 Å². The van der Waals surface area contributed by atoms with Crippen molar-refractivity contribution < 1.29 is 4.79 Å². The number of aromatic nitrogens is 5. The summed E-state index contributed by atoms with van der Waals surface area (Å²) in [7, 11) is 0. The second-order valence-corrected chi connectivity index (χ2v) is 6.52. The quantitative estimate of drug-likeness (QED) is 0.784. The highest BCUT2D eigenvalue weighted by molar-refractivity contribution is 5.93. The van der Waals surface area contributed by atoms with Gasteiger partial charge in [0.25, 0.3) is 5.91 Å². The number of carbonyl (C=O) groups is 1. The average Bonchev–Trinajstić information content (AvgIpc) is 3.38. The van der Waals surface area contributed by atoms with Gasteiger partial charge in [-0.15, -0.1) is 0 Å². The second kappa shape index (κ2) is 7.11. The summed E-state index contributed by atoms with van der Waals surface area (Å²) in [4.78, 5) is 23.5. The van der Waals surface area contributed by atoms with E-state index >= 15 is 0 Å². The fourth-order valence-corrected chi connectivity index (χ4v) is 3.54. The molecule has 7 heteroatoms. The number of likely N-dealkylation sites (tertiary alicyclic amines) is 1. The number of pyridine rings is 1. The number of aryl methyl sites for hydroxylation is 1. The molecule has 26 heavy (non-hydrogen) atoms. The van der Waals surface area contributed by atoms with E-state index in [0.29, 0.717) is 17.3 Å². The van der Waals surface area contributed by atoms with Crippen molar-refractivity contribution in [3.63, 3.8) is 0 Å². The van der Waals surface area contributed by atoms with Crippen LogP contribution in [0.25, 0.3) is 11.4 Å². The monoisotopic (exact) mass is 350 g/mol. The Hall–Kier alpha value is -2.96. The molecule has 1 aliphatic rings. The van der Waals surface area contributed by atoms with E-state index in [4.69, 9.17) is 0 Å². The van der Waals surface area contributed by atoms with Crippen LogP contribution in [0.1, 0.15) is 42.0 Å². The summed E-state index contributed by atoms with van der Waals surface area (Å²) in [6.07, 6.45) is 7.47. The Labute approximate surface area is 152 Å². The zero-order valence-corrected chi connectivity index (χ0v) is 14.8. The van der Waals surface area contributed by atoms with E-state index in [2.05, 4.69) is 31.7 Å². The molecule has 0 atom stereocenters. The molecule has 4 heterocycles. The molecule has 4 rings (SSSR count). The molecule has 1 N–H and O–H groups in total. The number of H-pyrrole nitrogens is 1. The van der Waals surface area contributed by atoms with Crippen molar-refractivity contribution in [2.45, 2.75) is 32.2 Å². The largest absolute Gasteiger partial charge is 0.337 e. The first-order valence-electron chi connectivity index (χ1n) is 9.03. The van der Waals surface area contributed by atoms with Gasteiger partial charge < -0.3 is 9.47 Å². The first-order valence-corrected chi connectivity index (χ1v) is 9.03. The smallest absolute Gasteiger partial charge is 0.271 e. The maximum absolute atomic E-state index is 12.8. The highest BCUT2D eigenvalue weighted by Gasteiger charge is 2.27. The van der Waals surface area contributed by atoms with Gasteiger partial charge in [-0.1, -0.05) is 6.07 Å². The number of amides is 1. The van der Waals surface area contributed by atoms with Gasteiger partial charge in [-0.05, 0) is 38.0 Å². The molecular formula is C19H22N6O. The first-order chi connectivity index (χ1) is 12.8. The summed E-state index contributed by atoms with van der Waals surface area (Å²) in [5.74, 6) is 1.55. The fraction of sp³-hybridized carbons (Fsp3) is 0.368. The average molecular weight is 350 g/mol. The van der Waals surface area contributed by atoms with Crippen LogP contribution in [-0.2, 0) is 6.54 Å². The van der Waals surface area contributed by atoms with Crippen LogP contribution in [0.2, 0.25) is 0 Å². The summed E-state index contributed by atoms with van der Waals surface area (Å²) in [5, 5.41) is 7.09. The normalized spacial score (nSPS) is 15.3. The predicted octanol–water partition coefficient (Wildman–Crippen LogP) is 2.71. The molecule has 0 aliphatic carbocycles. The molecule has 0 unspecified atom stereocenters. The van der Waals surface area contributed by atoms with Gasteiger partial charge in [-0.3, -0.25) is 14.9 Å². The first kappa shape index (κ1) is 16.5. The van der Waals surface area contributed by atoms with Crippen LogP contribution >= 0.6 is 0 Å². The van der Waals surface area contributed by atoms with Crippen LogP contribution in [0.5, 0.6) is 0 Å². The summed E-state index contributed by atoms with van der Waals surface area (Å²) >= 11 is 0. The molecule has 0 bridgehead atoms. The molecule has 7 nitrogen and oxygen atoms in total. The third kappa shape index (κ3) is 3.12. The van der Waals surface area contributed by atoms with Crippen molar-refractivity contribution in [2.24, 2.45) is 0 Å². The number of piperidine rings is 1. The molecule has 134 valence electrons. The Morgan fingerprint density at radius 3 is 2.77 bits per heavy atom. The third-order valence-corrected chi connectivity index (χ3v) is 4.97. The number of hydrogen-bond donors (Lipinski definition) is 1. The molecular weight excluding hydrogens is 328 g/mol. The Morgan fingerprint density at radius 2 is 2.04 bits per heavy atom. The van der Waals surface area contributed by atoms with E-state index in [1.165, 1.54) is 0 Å². The van der Waals surface area contributed by atoms with Gasteiger partial charge in [0.15, 0.2) is 0 Å². The number of carbonyl (C=O) groups excluding carboxylic acids is 1. The molecule has 3 aromatic rings. The number of nitrogens with zero attached hydrogens (tertiary/aromatic N) is 5. The van der Waals surface area contributed by atoms with Crippen LogP contribution < -0.4 is 0 Å². The zero-order chi connectivity index (χ0) is 17.9. The van der Waals surface area contributed by atoms with E-state index in [-0.39, 0.29) is 5.91 Å². The molecule has 1 amide bonds. The van der Waals surface area contributed by atoms with Crippen LogP contribution in [-0.4, -0.2) is 48.6 Å². The number of aromatic amines is 1. The summed E-state index contributed by atoms with van der Waals surface area (Å²) < 4.78 is 2.19. The van der Waals surface area contributed by atoms with Gasteiger partial charge in [0, 0.05) is 44.1 Å². The Kier molecular flexibility index (Phi) is 4.51. The van der Waals surface area contributed by atoms with Crippen LogP contribution in [0.15, 0.2) is 42.9 Å². The lowest BCUT2D eigenvalue weighted by molar-refractivity contribution is 0.0704. The van der Waals surface area contributed by atoms with Crippen LogP contribution in [0, 0.1) is 0 Å². The van der Waals surface area contributed by atoms with Crippen molar-refractivity contribution in [3.8, 4) is 11.4 Å². The number of imidazole rings is 1. The van der Waals surface area contributed by atoms with Crippen LogP contribution in [0.3, 0.4) is 0 Å². The molecule has 0 spiro atoms. The molecule has 1 aliphatic heterocycles. The molecule has 1 saturated heterocycles.